The summed E-state index contributed by atoms with van der Waals surface area (Å²) in [4.78, 5) is 22.7. The molecule has 1 atom stereocenters. The van der Waals surface area contributed by atoms with Crippen molar-refractivity contribution in [3.05, 3.63) is 17.5 Å². The van der Waals surface area contributed by atoms with Crippen molar-refractivity contribution in [2.75, 3.05) is 0 Å². The van der Waals surface area contributed by atoms with E-state index in [1.807, 2.05) is 13.8 Å². The van der Waals surface area contributed by atoms with Crippen molar-refractivity contribution >= 4 is 11.9 Å². The van der Waals surface area contributed by atoms with E-state index in [0.29, 0.717) is 6.42 Å². The van der Waals surface area contributed by atoms with Crippen molar-refractivity contribution in [3.8, 4) is 0 Å². The van der Waals surface area contributed by atoms with Crippen LogP contribution in [0.1, 0.15) is 36.5 Å². The molecule has 0 saturated heterocycles. The van der Waals surface area contributed by atoms with E-state index >= 15 is 0 Å². The number of nitrogens with zero attached hydrogens (tertiary/aromatic N) is 1. The summed E-state index contributed by atoms with van der Waals surface area (Å²) in [5.74, 6) is -1.31. The van der Waals surface area contributed by atoms with Crippen molar-refractivity contribution in [1.29, 1.82) is 0 Å². The number of aromatic nitrogens is 2. The molecule has 0 bridgehead atoms. The van der Waals surface area contributed by atoms with Crippen LogP contribution in [-0.4, -0.2) is 33.2 Å². The van der Waals surface area contributed by atoms with Crippen LogP contribution >= 0.6 is 0 Å². The monoisotopic (exact) mass is 239 g/mol. The van der Waals surface area contributed by atoms with E-state index in [9.17, 15) is 9.59 Å². The summed E-state index contributed by atoms with van der Waals surface area (Å²) in [5, 5.41) is 17.8. The van der Waals surface area contributed by atoms with Crippen LogP contribution in [0.5, 0.6) is 0 Å². The smallest absolute Gasteiger partial charge is 0.326 e. The number of hydrogen-bond donors (Lipinski definition) is 3. The lowest BCUT2D eigenvalue weighted by Crippen LogP contribution is -2.41. The Labute approximate surface area is 99.4 Å². The molecule has 0 aliphatic rings. The van der Waals surface area contributed by atoms with E-state index < -0.39 is 17.9 Å². The SMILES string of the molecule is Cc1cc(C(=O)NC(CC(C)C)C(=O)O)n[nH]1. The number of carbonyl (C=O) groups is 2. The lowest BCUT2D eigenvalue weighted by molar-refractivity contribution is -0.139. The van der Waals surface area contributed by atoms with E-state index in [-0.39, 0.29) is 11.6 Å². The molecule has 6 nitrogen and oxygen atoms in total. The average Bonchev–Trinajstić information content (AvgIpc) is 2.63. The minimum absolute atomic E-state index is 0.192. The average molecular weight is 239 g/mol. The summed E-state index contributed by atoms with van der Waals surface area (Å²) < 4.78 is 0. The predicted octanol–water partition coefficient (Wildman–Crippen LogP) is 0.947. The summed E-state index contributed by atoms with van der Waals surface area (Å²) >= 11 is 0. The molecule has 0 aromatic carbocycles. The minimum atomic E-state index is -1.03. The fourth-order valence-corrected chi connectivity index (χ4v) is 1.46. The number of carboxylic acids is 1. The quantitative estimate of drug-likeness (QED) is 0.712. The Hall–Kier alpha value is -1.85. The van der Waals surface area contributed by atoms with Crippen LogP contribution in [-0.2, 0) is 4.79 Å². The number of carbonyl (C=O) groups excluding carboxylic acids is 1. The summed E-state index contributed by atoms with van der Waals surface area (Å²) in [6.07, 6.45) is 0.393. The molecule has 1 aromatic heterocycles. The molecule has 3 N–H and O–H groups in total. The van der Waals surface area contributed by atoms with E-state index in [0.717, 1.165) is 5.69 Å². The fraction of sp³-hybridized carbons (Fsp3) is 0.545. The fourth-order valence-electron chi connectivity index (χ4n) is 1.46. The molecule has 6 heteroatoms. The Balaban J connectivity index is 2.67. The van der Waals surface area contributed by atoms with Gasteiger partial charge in [0.15, 0.2) is 0 Å². The van der Waals surface area contributed by atoms with E-state index in [1.54, 1.807) is 13.0 Å². The van der Waals surface area contributed by atoms with E-state index in [1.165, 1.54) is 0 Å². The molecule has 0 aliphatic heterocycles. The third-order valence-corrected chi connectivity index (χ3v) is 2.25. The van der Waals surface area contributed by atoms with Crippen molar-refractivity contribution in [3.63, 3.8) is 0 Å². The Kier molecular flexibility index (Phi) is 4.25. The van der Waals surface area contributed by atoms with E-state index in [4.69, 9.17) is 5.11 Å². The van der Waals surface area contributed by atoms with Gasteiger partial charge in [-0.05, 0) is 25.3 Å². The first-order chi connectivity index (χ1) is 7.90. The van der Waals surface area contributed by atoms with Gasteiger partial charge in [0.1, 0.15) is 11.7 Å². The maximum absolute atomic E-state index is 11.7. The Morgan fingerprint density at radius 1 is 1.53 bits per heavy atom. The number of aryl methyl sites for hydroxylation is 1. The first-order valence-electron chi connectivity index (χ1n) is 5.45. The molecular weight excluding hydrogens is 222 g/mol. The molecule has 1 amide bonds. The second kappa shape index (κ2) is 5.47. The van der Waals surface area contributed by atoms with Crippen molar-refractivity contribution in [2.45, 2.75) is 33.2 Å². The minimum Gasteiger partial charge on any atom is -0.480 e. The number of hydrogen-bond acceptors (Lipinski definition) is 3. The zero-order chi connectivity index (χ0) is 13.0. The number of aromatic amines is 1. The van der Waals surface area contributed by atoms with Gasteiger partial charge in [0.05, 0.1) is 0 Å². The standard InChI is InChI=1S/C11H17N3O3/c1-6(2)4-9(11(16)17)12-10(15)8-5-7(3)13-14-8/h5-6,9H,4H2,1-3H3,(H,12,15)(H,13,14)(H,16,17). The van der Waals surface area contributed by atoms with Crippen LogP contribution in [0, 0.1) is 12.8 Å². The molecule has 0 radical (unpaired) electrons. The van der Waals surface area contributed by atoms with Crippen molar-refractivity contribution in [2.24, 2.45) is 5.92 Å². The number of amides is 1. The summed E-state index contributed by atoms with van der Waals surface area (Å²) in [6.45, 7) is 5.58. The van der Waals surface area contributed by atoms with Gasteiger partial charge in [-0.15, -0.1) is 0 Å². The number of nitrogens with one attached hydrogen (secondary N) is 2. The lowest BCUT2D eigenvalue weighted by Gasteiger charge is -2.15. The Bertz CT molecular complexity index is 412. The second-order valence-electron chi connectivity index (χ2n) is 4.43. The Morgan fingerprint density at radius 3 is 2.59 bits per heavy atom. The molecule has 1 unspecified atom stereocenters. The molecule has 0 aliphatic carbocycles. The topological polar surface area (TPSA) is 95.1 Å². The van der Waals surface area contributed by atoms with Crippen LogP contribution in [0.4, 0.5) is 0 Å². The molecule has 0 fully saturated rings. The third-order valence-electron chi connectivity index (χ3n) is 2.25. The van der Waals surface area contributed by atoms with Gasteiger partial charge in [-0.1, -0.05) is 13.8 Å². The highest BCUT2D eigenvalue weighted by Gasteiger charge is 2.22. The molecule has 0 spiro atoms. The zero-order valence-corrected chi connectivity index (χ0v) is 10.2. The molecule has 17 heavy (non-hydrogen) atoms. The van der Waals surface area contributed by atoms with Crippen LogP contribution in [0.15, 0.2) is 6.07 Å². The van der Waals surface area contributed by atoms with Crippen molar-refractivity contribution < 1.29 is 14.7 Å². The molecule has 1 aromatic rings. The van der Waals surface area contributed by atoms with Gasteiger partial charge in [0.25, 0.3) is 5.91 Å². The first-order valence-corrected chi connectivity index (χ1v) is 5.45. The van der Waals surface area contributed by atoms with Crippen LogP contribution in [0.2, 0.25) is 0 Å². The summed E-state index contributed by atoms with van der Waals surface area (Å²) in [7, 11) is 0. The predicted molar refractivity (Wildman–Crippen MR) is 61.7 cm³/mol. The van der Waals surface area contributed by atoms with Gasteiger partial charge < -0.3 is 10.4 Å². The molecule has 0 saturated carbocycles. The largest absolute Gasteiger partial charge is 0.480 e. The molecule has 1 heterocycles. The Morgan fingerprint density at radius 2 is 2.18 bits per heavy atom. The normalized spacial score (nSPS) is 12.5. The number of H-pyrrole nitrogens is 1. The van der Waals surface area contributed by atoms with Crippen LogP contribution in [0.25, 0.3) is 0 Å². The number of rotatable bonds is 5. The van der Waals surface area contributed by atoms with Gasteiger partial charge >= 0.3 is 5.97 Å². The van der Waals surface area contributed by atoms with Crippen LogP contribution < -0.4 is 5.32 Å². The third kappa shape index (κ3) is 3.90. The second-order valence-corrected chi connectivity index (χ2v) is 4.43. The van der Waals surface area contributed by atoms with Crippen molar-refractivity contribution in [1.82, 2.24) is 15.5 Å². The van der Waals surface area contributed by atoms with Gasteiger partial charge in [0.2, 0.25) is 0 Å². The van der Waals surface area contributed by atoms with Gasteiger partial charge in [-0.2, -0.15) is 5.10 Å². The lowest BCUT2D eigenvalue weighted by atomic mass is 10.0. The molecule has 1 rings (SSSR count). The van der Waals surface area contributed by atoms with Gasteiger partial charge in [-0.3, -0.25) is 9.89 Å². The highest BCUT2D eigenvalue weighted by Crippen LogP contribution is 2.06. The molecular formula is C11H17N3O3. The van der Waals surface area contributed by atoms with E-state index in [2.05, 4.69) is 15.5 Å². The number of aliphatic carboxylic acids is 1. The van der Waals surface area contributed by atoms with Crippen LogP contribution in [0.3, 0.4) is 0 Å². The highest BCUT2D eigenvalue weighted by atomic mass is 16.4. The summed E-state index contributed by atoms with van der Waals surface area (Å²) in [5.41, 5.74) is 0.961. The highest BCUT2D eigenvalue weighted by molar-refractivity contribution is 5.94. The zero-order valence-electron chi connectivity index (χ0n) is 10.2. The maximum atomic E-state index is 11.7. The van der Waals surface area contributed by atoms with Gasteiger partial charge in [0, 0.05) is 5.69 Å². The number of carboxylic acid groups (broad SMARTS) is 1. The van der Waals surface area contributed by atoms with Gasteiger partial charge in [-0.25, -0.2) is 4.79 Å². The first kappa shape index (κ1) is 13.2. The molecule has 94 valence electrons. The maximum Gasteiger partial charge on any atom is 0.326 e. The summed E-state index contributed by atoms with van der Waals surface area (Å²) in [6, 6.07) is 0.698.